The molecule has 26 heavy (non-hydrogen) atoms. The minimum Gasteiger partial charge on any atom is -0.356 e. The van der Waals surface area contributed by atoms with Crippen molar-refractivity contribution in [2.24, 2.45) is 4.99 Å². The first kappa shape index (κ1) is 20.5. The molecule has 1 aromatic heterocycles. The summed E-state index contributed by atoms with van der Waals surface area (Å²) in [5, 5.41) is 8.56. The van der Waals surface area contributed by atoms with Crippen LogP contribution in [0.2, 0.25) is 5.02 Å². The second-order valence-corrected chi connectivity index (χ2v) is 6.16. The van der Waals surface area contributed by atoms with Crippen LogP contribution in [0.25, 0.3) is 10.9 Å². The molecule has 0 atom stereocenters. The van der Waals surface area contributed by atoms with Gasteiger partial charge in [-0.1, -0.05) is 48.0 Å². The number of pyridine rings is 1. The van der Waals surface area contributed by atoms with Crippen molar-refractivity contribution in [3.8, 4) is 0 Å². The maximum atomic E-state index is 6.01. The molecule has 0 unspecified atom stereocenters. The zero-order chi connectivity index (χ0) is 17.5. The molecule has 0 fully saturated rings. The van der Waals surface area contributed by atoms with Gasteiger partial charge in [-0.3, -0.25) is 9.98 Å². The van der Waals surface area contributed by atoms with E-state index >= 15 is 0 Å². The first-order valence-corrected chi connectivity index (χ1v) is 8.65. The highest BCUT2D eigenvalue weighted by atomic mass is 127. The fourth-order valence-corrected chi connectivity index (χ4v) is 2.95. The Labute approximate surface area is 176 Å². The van der Waals surface area contributed by atoms with Crippen LogP contribution in [0.4, 0.5) is 0 Å². The standard InChI is InChI=1S/C20H21ClN4.HI/c1-22-20(25-14-15-5-2-9-18(21)13-15)24-12-10-17-7-3-6-16-8-4-11-23-19(16)17;/h2-9,11,13H,10,12,14H2,1H3,(H2,22,24,25);1H. The van der Waals surface area contributed by atoms with Crippen LogP contribution in [-0.4, -0.2) is 24.5 Å². The first-order chi connectivity index (χ1) is 12.3. The zero-order valence-corrected chi connectivity index (χ0v) is 17.7. The molecule has 0 saturated carbocycles. The van der Waals surface area contributed by atoms with Crippen LogP contribution in [0.3, 0.4) is 0 Å². The fourth-order valence-electron chi connectivity index (χ4n) is 2.74. The number of para-hydroxylation sites is 1. The van der Waals surface area contributed by atoms with Gasteiger partial charge in [0, 0.05) is 36.7 Å². The average Bonchev–Trinajstić information content (AvgIpc) is 2.64. The quantitative estimate of drug-likeness (QED) is 0.323. The van der Waals surface area contributed by atoms with E-state index in [2.05, 4.69) is 44.9 Å². The number of aliphatic imine (C=N–C) groups is 1. The van der Waals surface area contributed by atoms with Crippen molar-refractivity contribution in [2.45, 2.75) is 13.0 Å². The molecule has 1 heterocycles. The minimum absolute atomic E-state index is 0. The maximum Gasteiger partial charge on any atom is 0.191 e. The van der Waals surface area contributed by atoms with Gasteiger partial charge in [0.05, 0.1) is 5.52 Å². The number of nitrogens with zero attached hydrogens (tertiary/aromatic N) is 2. The highest BCUT2D eigenvalue weighted by molar-refractivity contribution is 14.0. The van der Waals surface area contributed by atoms with Crippen LogP contribution in [-0.2, 0) is 13.0 Å². The summed E-state index contributed by atoms with van der Waals surface area (Å²) >= 11 is 6.01. The zero-order valence-electron chi connectivity index (χ0n) is 14.6. The SMILES string of the molecule is CN=C(NCCc1cccc2cccnc12)NCc1cccc(Cl)c1.I. The van der Waals surface area contributed by atoms with Crippen LogP contribution in [0.1, 0.15) is 11.1 Å². The smallest absolute Gasteiger partial charge is 0.191 e. The summed E-state index contributed by atoms with van der Waals surface area (Å²) < 4.78 is 0. The molecule has 2 aromatic carbocycles. The molecule has 4 nitrogen and oxygen atoms in total. The molecule has 0 aliphatic rings. The highest BCUT2D eigenvalue weighted by Crippen LogP contribution is 2.16. The topological polar surface area (TPSA) is 49.3 Å². The van der Waals surface area contributed by atoms with Gasteiger partial charge in [0.2, 0.25) is 0 Å². The number of fused-ring (bicyclic) bond motifs is 1. The number of benzene rings is 2. The maximum absolute atomic E-state index is 6.01. The van der Waals surface area contributed by atoms with E-state index in [1.807, 2.05) is 36.5 Å². The van der Waals surface area contributed by atoms with Gasteiger partial charge < -0.3 is 10.6 Å². The van der Waals surface area contributed by atoms with E-state index in [4.69, 9.17) is 11.6 Å². The van der Waals surface area contributed by atoms with Gasteiger partial charge in [0.25, 0.3) is 0 Å². The van der Waals surface area contributed by atoms with Crippen molar-refractivity contribution in [3.63, 3.8) is 0 Å². The third kappa shape index (κ3) is 5.57. The number of aromatic nitrogens is 1. The summed E-state index contributed by atoms with van der Waals surface area (Å²) in [6, 6.07) is 18.1. The molecule has 0 saturated heterocycles. The molecule has 0 bridgehead atoms. The molecule has 136 valence electrons. The molecular formula is C20H22ClIN4. The van der Waals surface area contributed by atoms with Crippen molar-refractivity contribution in [3.05, 3.63) is 76.9 Å². The molecule has 0 radical (unpaired) electrons. The number of hydrogen-bond donors (Lipinski definition) is 2. The fraction of sp³-hybridized carbons (Fsp3) is 0.200. The van der Waals surface area contributed by atoms with Gasteiger partial charge in [-0.25, -0.2) is 0 Å². The molecule has 0 aliphatic carbocycles. The predicted octanol–water partition coefficient (Wildman–Crippen LogP) is 4.41. The van der Waals surface area contributed by atoms with E-state index in [1.54, 1.807) is 7.05 Å². The van der Waals surface area contributed by atoms with Crippen LogP contribution in [0.15, 0.2) is 65.8 Å². The van der Waals surface area contributed by atoms with Crippen molar-refractivity contribution in [2.75, 3.05) is 13.6 Å². The Morgan fingerprint density at radius 1 is 1.08 bits per heavy atom. The van der Waals surface area contributed by atoms with Crippen LogP contribution in [0.5, 0.6) is 0 Å². The molecule has 0 spiro atoms. The van der Waals surface area contributed by atoms with E-state index in [-0.39, 0.29) is 24.0 Å². The third-order valence-electron chi connectivity index (χ3n) is 3.98. The summed E-state index contributed by atoms with van der Waals surface area (Å²) in [7, 11) is 1.77. The molecule has 6 heteroatoms. The lowest BCUT2D eigenvalue weighted by Crippen LogP contribution is -2.37. The molecule has 3 aromatic rings. The van der Waals surface area contributed by atoms with E-state index < -0.39 is 0 Å². The van der Waals surface area contributed by atoms with Crippen molar-refractivity contribution in [1.29, 1.82) is 0 Å². The van der Waals surface area contributed by atoms with Gasteiger partial charge in [0.15, 0.2) is 5.96 Å². The Morgan fingerprint density at radius 3 is 2.69 bits per heavy atom. The number of hydrogen-bond acceptors (Lipinski definition) is 2. The van der Waals surface area contributed by atoms with Crippen LogP contribution >= 0.6 is 35.6 Å². The van der Waals surface area contributed by atoms with E-state index in [0.29, 0.717) is 6.54 Å². The normalized spacial score (nSPS) is 11.1. The molecule has 0 amide bonds. The summed E-state index contributed by atoms with van der Waals surface area (Å²) in [6.45, 7) is 1.46. The van der Waals surface area contributed by atoms with Gasteiger partial charge in [-0.15, -0.1) is 24.0 Å². The van der Waals surface area contributed by atoms with Gasteiger partial charge in [0.1, 0.15) is 0 Å². The number of nitrogens with one attached hydrogen (secondary N) is 2. The minimum atomic E-state index is 0. The van der Waals surface area contributed by atoms with Gasteiger partial charge in [-0.2, -0.15) is 0 Å². The lowest BCUT2D eigenvalue weighted by Gasteiger charge is -2.12. The van der Waals surface area contributed by atoms with Crippen LogP contribution < -0.4 is 10.6 Å². The Bertz CT molecular complexity index is 877. The second-order valence-electron chi connectivity index (χ2n) is 5.72. The first-order valence-electron chi connectivity index (χ1n) is 8.28. The molecular weight excluding hydrogens is 459 g/mol. The van der Waals surface area contributed by atoms with E-state index in [1.165, 1.54) is 10.9 Å². The second kappa shape index (κ2) is 10.3. The number of guanidine groups is 1. The Kier molecular flexibility index (Phi) is 8.12. The van der Waals surface area contributed by atoms with Crippen LogP contribution in [0, 0.1) is 0 Å². The lowest BCUT2D eigenvalue weighted by atomic mass is 10.1. The molecule has 3 rings (SSSR count). The monoisotopic (exact) mass is 480 g/mol. The molecule has 0 aliphatic heterocycles. The summed E-state index contributed by atoms with van der Waals surface area (Å²) in [6.07, 6.45) is 2.72. The Morgan fingerprint density at radius 2 is 1.88 bits per heavy atom. The number of rotatable bonds is 5. The van der Waals surface area contributed by atoms with Crippen molar-refractivity contribution < 1.29 is 0 Å². The highest BCUT2D eigenvalue weighted by Gasteiger charge is 2.03. The summed E-state index contributed by atoms with van der Waals surface area (Å²) in [4.78, 5) is 8.76. The van der Waals surface area contributed by atoms with Crippen molar-refractivity contribution >= 4 is 52.4 Å². The molecule has 2 N–H and O–H groups in total. The average molecular weight is 481 g/mol. The summed E-state index contributed by atoms with van der Waals surface area (Å²) in [5.41, 5.74) is 3.42. The largest absolute Gasteiger partial charge is 0.356 e. The predicted molar refractivity (Wildman–Crippen MR) is 121 cm³/mol. The lowest BCUT2D eigenvalue weighted by molar-refractivity contribution is 0.796. The van der Waals surface area contributed by atoms with E-state index in [9.17, 15) is 0 Å². The summed E-state index contributed by atoms with van der Waals surface area (Å²) in [5.74, 6) is 0.771. The van der Waals surface area contributed by atoms with E-state index in [0.717, 1.165) is 35.0 Å². The number of halogens is 2. The Hall–Kier alpha value is -1.86. The third-order valence-corrected chi connectivity index (χ3v) is 4.21. The van der Waals surface area contributed by atoms with Crippen molar-refractivity contribution in [1.82, 2.24) is 15.6 Å². The van der Waals surface area contributed by atoms with Gasteiger partial charge >= 0.3 is 0 Å². The van der Waals surface area contributed by atoms with Gasteiger partial charge in [-0.05, 0) is 35.7 Å². The Balaban J connectivity index is 0.00000243.